The maximum absolute atomic E-state index is 12.3. The molecule has 158 valence electrons. The fourth-order valence-corrected chi connectivity index (χ4v) is 4.08. The van der Waals surface area contributed by atoms with E-state index in [1.165, 1.54) is 30.3 Å². The second-order valence-corrected chi connectivity index (χ2v) is 8.77. The van der Waals surface area contributed by atoms with Gasteiger partial charge in [-0.1, -0.05) is 16.9 Å². The van der Waals surface area contributed by atoms with E-state index in [1.807, 2.05) is 0 Å². The van der Waals surface area contributed by atoms with Crippen molar-refractivity contribution in [3.05, 3.63) is 52.5 Å². The van der Waals surface area contributed by atoms with Gasteiger partial charge in [0.25, 0.3) is 15.6 Å². The Kier molecular flexibility index (Phi) is 6.42. The zero-order valence-corrected chi connectivity index (χ0v) is 17.2. The molecule has 0 spiro atoms. The number of anilines is 2. The number of aromatic amines is 1. The molecular weight excluding hydrogens is 434 g/mol. The molecule has 30 heavy (non-hydrogen) atoms. The minimum Gasteiger partial charge on any atom is -0.493 e. The molecule has 4 N–H and O–H groups in total. The molecule has 0 atom stereocenters. The van der Waals surface area contributed by atoms with Crippen LogP contribution in [0, 0.1) is 6.92 Å². The van der Waals surface area contributed by atoms with Crippen LogP contribution >= 0.6 is 11.8 Å². The SMILES string of the molecule is Cc1cc(NS(=O)(=O)c2ccc(NC(=O)CCSc3nc(O)cc(=O)[nH]3)cc2)no1. The number of carbonyl (C=O) groups excluding carboxylic acids is 1. The van der Waals surface area contributed by atoms with Crippen LogP contribution < -0.4 is 15.6 Å². The van der Waals surface area contributed by atoms with Crippen LogP contribution in [0.3, 0.4) is 0 Å². The van der Waals surface area contributed by atoms with E-state index in [4.69, 9.17) is 4.52 Å². The smallest absolute Gasteiger partial charge is 0.263 e. The number of H-pyrrole nitrogens is 1. The van der Waals surface area contributed by atoms with Gasteiger partial charge in [0.1, 0.15) is 5.76 Å². The van der Waals surface area contributed by atoms with E-state index in [0.29, 0.717) is 17.2 Å². The van der Waals surface area contributed by atoms with Crippen LogP contribution in [0.25, 0.3) is 0 Å². The minimum atomic E-state index is -3.84. The third-order valence-electron chi connectivity index (χ3n) is 3.59. The first-order chi connectivity index (χ1) is 14.2. The van der Waals surface area contributed by atoms with E-state index < -0.39 is 21.5 Å². The van der Waals surface area contributed by atoms with Crippen molar-refractivity contribution in [3.63, 3.8) is 0 Å². The summed E-state index contributed by atoms with van der Waals surface area (Å²) in [6.45, 7) is 1.64. The average molecular weight is 451 g/mol. The molecule has 11 nitrogen and oxygen atoms in total. The van der Waals surface area contributed by atoms with Gasteiger partial charge in [0.2, 0.25) is 11.8 Å². The van der Waals surface area contributed by atoms with Crippen molar-refractivity contribution in [3.8, 4) is 5.88 Å². The number of nitrogens with zero attached hydrogens (tertiary/aromatic N) is 2. The van der Waals surface area contributed by atoms with Crippen LogP contribution in [-0.4, -0.2) is 40.3 Å². The molecule has 0 unspecified atom stereocenters. The lowest BCUT2D eigenvalue weighted by atomic mass is 10.3. The van der Waals surface area contributed by atoms with Crippen molar-refractivity contribution < 1.29 is 22.8 Å². The Morgan fingerprint density at radius 2 is 2.00 bits per heavy atom. The van der Waals surface area contributed by atoms with Gasteiger partial charge in [-0.3, -0.25) is 14.3 Å². The fraction of sp³-hybridized carbons (Fsp3) is 0.176. The molecule has 3 rings (SSSR count). The van der Waals surface area contributed by atoms with Crippen LogP contribution in [0.4, 0.5) is 11.5 Å². The van der Waals surface area contributed by atoms with Gasteiger partial charge in [-0.15, -0.1) is 0 Å². The van der Waals surface area contributed by atoms with Gasteiger partial charge in [-0.25, -0.2) is 8.42 Å². The van der Waals surface area contributed by atoms with E-state index in [-0.39, 0.29) is 28.2 Å². The van der Waals surface area contributed by atoms with Crippen molar-refractivity contribution >= 4 is 39.2 Å². The molecule has 1 aromatic carbocycles. The summed E-state index contributed by atoms with van der Waals surface area (Å²) >= 11 is 1.11. The Balaban J connectivity index is 1.53. The molecule has 3 aromatic rings. The number of hydrogen-bond acceptors (Lipinski definition) is 9. The quantitative estimate of drug-likeness (QED) is 0.294. The molecule has 0 bridgehead atoms. The molecular formula is C17H17N5O6S2. The lowest BCUT2D eigenvalue weighted by Gasteiger charge is -2.08. The summed E-state index contributed by atoms with van der Waals surface area (Å²) in [5, 5.41) is 15.7. The van der Waals surface area contributed by atoms with Crippen LogP contribution in [0.2, 0.25) is 0 Å². The monoisotopic (exact) mass is 451 g/mol. The van der Waals surface area contributed by atoms with Crippen molar-refractivity contribution in [2.45, 2.75) is 23.4 Å². The third kappa shape index (κ3) is 5.84. The average Bonchev–Trinajstić information content (AvgIpc) is 3.05. The Morgan fingerprint density at radius 1 is 1.27 bits per heavy atom. The van der Waals surface area contributed by atoms with Gasteiger partial charge < -0.3 is 19.9 Å². The zero-order chi connectivity index (χ0) is 21.7. The highest BCUT2D eigenvalue weighted by Gasteiger charge is 2.16. The number of rotatable bonds is 8. The van der Waals surface area contributed by atoms with E-state index >= 15 is 0 Å². The molecule has 2 aromatic heterocycles. The summed E-state index contributed by atoms with van der Waals surface area (Å²) in [6.07, 6.45) is 0.108. The zero-order valence-electron chi connectivity index (χ0n) is 15.6. The van der Waals surface area contributed by atoms with Gasteiger partial charge in [0.15, 0.2) is 11.0 Å². The molecule has 2 heterocycles. The van der Waals surface area contributed by atoms with Crippen LogP contribution in [-0.2, 0) is 14.8 Å². The minimum absolute atomic E-state index is 0.00405. The van der Waals surface area contributed by atoms with E-state index in [2.05, 4.69) is 25.2 Å². The van der Waals surface area contributed by atoms with Crippen molar-refractivity contribution in [1.29, 1.82) is 0 Å². The second kappa shape index (κ2) is 9.00. The van der Waals surface area contributed by atoms with Gasteiger partial charge in [-0.2, -0.15) is 4.98 Å². The molecule has 0 fully saturated rings. The highest BCUT2D eigenvalue weighted by molar-refractivity contribution is 7.99. The maximum atomic E-state index is 12.3. The van der Waals surface area contributed by atoms with Crippen LogP contribution in [0.1, 0.15) is 12.2 Å². The first-order valence-electron chi connectivity index (χ1n) is 8.50. The van der Waals surface area contributed by atoms with Gasteiger partial charge in [-0.05, 0) is 31.2 Å². The van der Waals surface area contributed by atoms with Crippen LogP contribution in [0.15, 0.2) is 55.8 Å². The fourth-order valence-electron chi connectivity index (χ4n) is 2.28. The number of aryl methyl sites for hydroxylation is 1. The van der Waals surface area contributed by atoms with Crippen molar-refractivity contribution in [2.24, 2.45) is 0 Å². The van der Waals surface area contributed by atoms with E-state index in [9.17, 15) is 23.1 Å². The molecule has 0 saturated carbocycles. The van der Waals surface area contributed by atoms with Crippen LogP contribution in [0.5, 0.6) is 5.88 Å². The largest absolute Gasteiger partial charge is 0.493 e. The predicted molar refractivity (Wildman–Crippen MR) is 109 cm³/mol. The highest BCUT2D eigenvalue weighted by Crippen LogP contribution is 2.19. The van der Waals surface area contributed by atoms with Gasteiger partial charge in [0, 0.05) is 23.9 Å². The number of amides is 1. The first kappa shape index (κ1) is 21.4. The standard InChI is InChI=1S/C17H17N5O6S2/c1-10-8-13(21-28-10)22-30(26,27)12-4-2-11(3-5-12)18-14(23)6-7-29-17-19-15(24)9-16(25)20-17/h2-5,8-9H,6-7H2,1H3,(H,18,23)(H,21,22)(H2,19,20,24,25). The molecule has 0 aliphatic heterocycles. The number of aromatic hydroxyl groups is 1. The summed E-state index contributed by atoms with van der Waals surface area (Å²) in [5.41, 5.74) is -0.0669. The van der Waals surface area contributed by atoms with Gasteiger partial charge in [0.05, 0.1) is 11.0 Å². The number of carbonyl (C=O) groups is 1. The normalized spacial score (nSPS) is 11.2. The Morgan fingerprint density at radius 3 is 2.63 bits per heavy atom. The second-order valence-electron chi connectivity index (χ2n) is 6.01. The maximum Gasteiger partial charge on any atom is 0.263 e. The number of aromatic nitrogens is 3. The lowest BCUT2D eigenvalue weighted by Crippen LogP contribution is -2.14. The van der Waals surface area contributed by atoms with E-state index in [1.54, 1.807) is 6.92 Å². The molecule has 0 saturated heterocycles. The Hall–Kier alpha value is -3.32. The molecule has 1 amide bonds. The van der Waals surface area contributed by atoms with Crippen molar-refractivity contribution in [2.75, 3.05) is 15.8 Å². The number of sulfonamides is 1. The Bertz CT molecular complexity index is 1200. The molecule has 0 aliphatic rings. The number of nitrogens with one attached hydrogen (secondary N) is 3. The van der Waals surface area contributed by atoms with E-state index in [0.717, 1.165) is 17.8 Å². The molecule has 13 heteroatoms. The summed E-state index contributed by atoms with van der Waals surface area (Å²) in [6, 6.07) is 8.01. The highest BCUT2D eigenvalue weighted by atomic mass is 32.2. The van der Waals surface area contributed by atoms with Gasteiger partial charge >= 0.3 is 0 Å². The lowest BCUT2D eigenvalue weighted by molar-refractivity contribution is -0.115. The Labute approximate surface area is 175 Å². The molecule has 0 aliphatic carbocycles. The van der Waals surface area contributed by atoms with Crippen molar-refractivity contribution in [1.82, 2.24) is 15.1 Å². The first-order valence-corrected chi connectivity index (χ1v) is 11.0. The summed E-state index contributed by atoms with van der Waals surface area (Å²) < 4.78 is 31.8. The molecule has 0 radical (unpaired) electrons. The predicted octanol–water partition coefficient (Wildman–Crippen LogP) is 1.69. The summed E-state index contributed by atoms with van der Waals surface area (Å²) in [7, 11) is -3.84. The summed E-state index contributed by atoms with van der Waals surface area (Å²) in [4.78, 5) is 29.5. The number of benzene rings is 1. The third-order valence-corrected chi connectivity index (χ3v) is 5.84. The summed E-state index contributed by atoms with van der Waals surface area (Å²) in [5.74, 6) is 0.150. The topological polar surface area (TPSA) is 167 Å². The number of hydrogen-bond donors (Lipinski definition) is 4. The number of thioether (sulfide) groups is 1.